The van der Waals surface area contributed by atoms with Crippen LogP contribution in [0.3, 0.4) is 0 Å². The van der Waals surface area contributed by atoms with Gasteiger partial charge in [0, 0.05) is 5.69 Å². The van der Waals surface area contributed by atoms with Gasteiger partial charge in [0.25, 0.3) is 0 Å². The number of rotatable bonds is 4. The van der Waals surface area contributed by atoms with Crippen molar-refractivity contribution in [1.82, 2.24) is 15.0 Å². The van der Waals surface area contributed by atoms with E-state index in [0.29, 0.717) is 16.9 Å². The molecule has 0 saturated heterocycles. The number of hydrogen-bond donors (Lipinski definition) is 2. The Morgan fingerprint density at radius 2 is 2.26 bits per heavy atom. The van der Waals surface area contributed by atoms with Crippen molar-refractivity contribution in [1.29, 1.82) is 0 Å². The van der Waals surface area contributed by atoms with Gasteiger partial charge in [0.1, 0.15) is 0 Å². The second-order valence-electron chi connectivity index (χ2n) is 3.87. The van der Waals surface area contributed by atoms with Crippen molar-refractivity contribution in [3.63, 3.8) is 0 Å². The molecule has 1 heterocycles. The van der Waals surface area contributed by atoms with E-state index in [1.165, 1.54) is 0 Å². The van der Waals surface area contributed by atoms with E-state index in [9.17, 15) is 4.79 Å². The predicted molar refractivity (Wildman–Crippen MR) is 73.3 cm³/mol. The molecule has 7 heteroatoms. The average molecular weight is 278 g/mol. The lowest BCUT2D eigenvalue weighted by atomic mass is 10.2. The van der Waals surface area contributed by atoms with Gasteiger partial charge in [-0.2, -0.15) is 0 Å². The van der Waals surface area contributed by atoms with Crippen LogP contribution in [-0.2, 0) is 11.3 Å². The summed E-state index contributed by atoms with van der Waals surface area (Å²) in [4.78, 5) is 11.6. The van der Waals surface area contributed by atoms with E-state index in [1.807, 2.05) is 24.3 Å². The molecule has 0 radical (unpaired) electrons. The topological polar surface area (TPSA) is 85.9 Å². The minimum atomic E-state index is -0.525. The van der Waals surface area contributed by atoms with E-state index in [4.69, 9.17) is 22.7 Å². The van der Waals surface area contributed by atoms with Gasteiger partial charge in [0.05, 0.1) is 13.2 Å². The van der Waals surface area contributed by atoms with Gasteiger partial charge in [-0.25, -0.2) is 10.0 Å². The molecule has 0 atom stereocenters. The molecule has 0 aliphatic carbocycles. The van der Waals surface area contributed by atoms with Crippen molar-refractivity contribution in [3.8, 4) is 0 Å². The fourth-order valence-corrected chi connectivity index (χ4v) is 1.85. The third-order valence-corrected chi connectivity index (χ3v) is 3.00. The highest BCUT2D eigenvalue weighted by Crippen LogP contribution is 2.12. The number of nitrogens with two attached hydrogens (primary N) is 1. The number of anilines is 1. The van der Waals surface area contributed by atoms with Crippen LogP contribution in [0, 0.1) is 4.64 Å². The SMILES string of the molecule is CCOC(=O)c1n[nH]n(Cc2ccccc2N)c1=S. The van der Waals surface area contributed by atoms with Crippen LogP contribution in [0.15, 0.2) is 24.3 Å². The summed E-state index contributed by atoms with van der Waals surface area (Å²) in [6.07, 6.45) is 0. The van der Waals surface area contributed by atoms with Crippen molar-refractivity contribution in [2.24, 2.45) is 0 Å². The second kappa shape index (κ2) is 5.66. The Kier molecular flexibility index (Phi) is 3.96. The number of nitrogen functional groups attached to an aromatic ring is 1. The third kappa shape index (κ3) is 2.82. The van der Waals surface area contributed by atoms with Gasteiger partial charge in [-0.3, -0.25) is 4.68 Å². The zero-order valence-corrected chi connectivity index (χ0v) is 11.2. The number of benzene rings is 1. The van der Waals surface area contributed by atoms with E-state index in [1.54, 1.807) is 11.6 Å². The maximum absolute atomic E-state index is 11.6. The number of para-hydroxylation sites is 1. The van der Waals surface area contributed by atoms with Gasteiger partial charge in [-0.05, 0) is 18.6 Å². The summed E-state index contributed by atoms with van der Waals surface area (Å²) in [6, 6.07) is 7.44. The normalized spacial score (nSPS) is 10.4. The maximum atomic E-state index is 11.6. The van der Waals surface area contributed by atoms with Crippen LogP contribution in [0.1, 0.15) is 23.0 Å². The largest absolute Gasteiger partial charge is 0.461 e. The Hall–Kier alpha value is -2.15. The third-order valence-electron chi connectivity index (χ3n) is 2.58. The summed E-state index contributed by atoms with van der Waals surface area (Å²) < 4.78 is 6.75. The molecular formula is C12H14N4O2S. The first kappa shape index (κ1) is 13.3. The molecule has 0 saturated carbocycles. The van der Waals surface area contributed by atoms with Crippen molar-refractivity contribution >= 4 is 23.9 Å². The average Bonchev–Trinajstić information content (AvgIpc) is 2.74. The fourth-order valence-electron chi connectivity index (χ4n) is 1.62. The number of nitrogens with one attached hydrogen (secondary N) is 1. The van der Waals surface area contributed by atoms with Crippen molar-refractivity contribution in [2.75, 3.05) is 12.3 Å². The van der Waals surface area contributed by atoms with E-state index >= 15 is 0 Å². The number of carbonyl (C=O) groups excluding carboxylic acids is 1. The van der Waals surface area contributed by atoms with Gasteiger partial charge in [-0.1, -0.05) is 30.4 Å². The number of esters is 1. The van der Waals surface area contributed by atoms with Crippen molar-refractivity contribution in [2.45, 2.75) is 13.5 Å². The molecule has 3 N–H and O–H groups in total. The molecule has 0 aliphatic heterocycles. The summed E-state index contributed by atoms with van der Waals surface area (Å²) in [6.45, 7) is 2.44. The molecule has 0 aliphatic rings. The first-order valence-corrected chi connectivity index (χ1v) is 6.20. The molecule has 19 heavy (non-hydrogen) atoms. The smallest absolute Gasteiger partial charge is 0.362 e. The molecule has 2 aromatic rings. The molecule has 0 unspecified atom stereocenters. The fraction of sp³-hybridized carbons (Fsp3) is 0.250. The minimum Gasteiger partial charge on any atom is -0.461 e. The van der Waals surface area contributed by atoms with Gasteiger partial charge in [0.2, 0.25) is 5.69 Å². The summed E-state index contributed by atoms with van der Waals surface area (Å²) >= 11 is 5.19. The minimum absolute atomic E-state index is 0.117. The van der Waals surface area contributed by atoms with Crippen LogP contribution in [0.4, 0.5) is 5.69 Å². The van der Waals surface area contributed by atoms with Crippen molar-refractivity contribution in [3.05, 3.63) is 40.2 Å². The molecular weight excluding hydrogens is 264 g/mol. The molecule has 1 aromatic heterocycles. The molecule has 1 aromatic carbocycles. The van der Waals surface area contributed by atoms with E-state index in [0.717, 1.165) is 5.56 Å². The number of H-pyrrole nitrogens is 1. The van der Waals surface area contributed by atoms with Gasteiger partial charge >= 0.3 is 5.97 Å². The summed E-state index contributed by atoms with van der Waals surface area (Å²) in [5.74, 6) is -0.525. The standard InChI is InChI=1S/C12H14N4O2S/c1-2-18-12(17)10-11(19)16(15-14-10)7-8-5-3-4-6-9(8)13/h3-6,15H,2,7,13H2,1H3. The van der Waals surface area contributed by atoms with E-state index in [2.05, 4.69) is 10.3 Å². The van der Waals surface area contributed by atoms with Crippen LogP contribution in [0.5, 0.6) is 0 Å². The molecule has 0 spiro atoms. The van der Waals surface area contributed by atoms with Crippen LogP contribution in [0.25, 0.3) is 0 Å². The summed E-state index contributed by atoms with van der Waals surface area (Å²) in [5, 5.41) is 6.57. The quantitative estimate of drug-likeness (QED) is 0.505. The molecule has 2 rings (SSSR count). The van der Waals surface area contributed by atoms with Gasteiger partial charge in [-0.15, -0.1) is 5.10 Å². The molecule has 0 fully saturated rings. The van der Waals surface area contributed by atoms with E-state index < -0.39 is 5.97 Å². The van der Waals surface area contributed by atoms with E-state index in [-0.39, 0.29) is 12.3 Å². The van der Waals surface area contributed by atoms with Crippen LogP contribution >= 0.6 is 12.2 Å². The number of ether oxygens (including phenoxy) is 1. The first-order valence-electron chi connectivity index (χ1n) is 5.79. The summed E-state index contributed by atoms with van der Waals surface area (Å²) in [5.41, 5.74) is 7.54. The Bertz CT molecular complexity index is 647. The predicted octanol–water partition coefficient (Wildman–Crippen LogP) is 1.75. The Morgan fingerprint density at radius 3 is 2.95 bits per heavy atom. The lowest BCUT2D eigenvalue weighted by Gasteiger charge is -2.05. The summed E-state index contributed by atoms with van der Waals surface area (Å²) in [7, 11) is 0. The number of aromatic amines is 1. The number of carbonyl (C=O) groups is 1. The lowest BCUT2D eigenvalue weighted by molar-refractivity contribution is 0.0518. The monoisotopic (exact) mass is 278 g/mol. The Balaban J connectivity index is 2.26. The highest BCUT2D eigenvalue weighted by molar-refractivity contribution is 7.71. The van der Waals surface area contributed by atoms with Gasteiger partial charge in [0.15, 0.2) is 4.64 Å². The molecule has 0 amide bonds. The molecule has 100 valence electrons. The zero-order chi connectivity index (χ0) is 13.8. The number of aromatic nitrogens is 3. The highest BCUT2D eigenvalue weighted by atomic mass is 32.1. The van der Waals surface area contributed by atoms with Crippen molar-refractivity contribution < 1.29 is 9.53 Å². The van der Waals surface area contributed by atoms with Gasteiger partial charge < -0.3 is 10.5 Å². The maximum Gasteiger partial charge on any atom is 0.362 e. The highest BCUT2D eigenvalue weighted by Gasteiger charge is 2.15. The van der Waals surface area contributed by atoms with Crippen LogP contribution in [0.2, 0.25) is 0 Å². The number of nitrogens with zero attached hydrogens (tertiary/aromatic N) is 2. The Morgan fingerprint density at radius 1 is 1.53 bits per heavy atom. The number of hydrogen-bond acceptors (Lipinski definition) is 5. The lowest BCUT2D eigenvalue weighted by Crippen LogP contribution is -2.07. The molecule has 0 bridgehead atoms. The van der Waals surface area contributed by atoms with Crippen LogP contribution < -0.4 is 5.73 Å². The first-order chi connectivity index (χ1) is 9.13. The molecule has 6 nitrogen and oxygen atoms in total. The zero-order valence-electron chi connectivity index (χ0n) is 10.4. The second-order valence-corrected chi connectivity index (χ2v) is 4.26. The Labute approximate surface area is 115 Å². The van der Waals surface area contributed by atoms with Crippen LogP contribution in [-0.4, -0.2) is 27.6 Å².